The van der Waals surface area contributed by atoms with E-state index >= 15 is 0 Å². The van der Waals surface area contributed by atoms with Gasteiger partial charge >= 0.3 is 0 Å². The van der Waals surface area contributed by atoms with Gasteiger partial charge in [0.25, 0.3) is 5.91 Å². The molecule has 0 aliphatic heterocycles. The minimum Gasteiger partial charge on any atom is -0.507 e. The number of benzene rings is 2. The number of amides is 1. The van der Waals surface area contributed by atoms with Gasteiger partial charge in [0.15, 0.2) is 0 Å². The molecule has 0 atom stereocenters. The molecule has 0 aliphatic carbocycles. The second-order valence-electron chi connectivity index (χ2n) is 3.73. The average Bonchev–Trinajstić information content (AvgIpc) is 2.35. The molecule has 2 aromatic carbocycles. The first-order valence-electron chi connectivity index (χ1n) is 5.27. The number of halogens is 2. The van der Waals surface area contributed by atoms with Gasteiger partial charge in [0.1, 0.15) is 17.1 Å². The van der Waals surface area contributed by atoms with E-state index in [9.17, 15) is 15.0 Å². The molecule has 0 unspecified atom stereocenters. The largest absolute Gasteiger partial charge is 0.507 e. The molecule has 0 radical (unpaired) electrons. The minimum absolute atomic E-state index is 0.186. The van der Waals surface area contributed by atoms with Gasteiger partial charge in [-0.2, -0.15) is 0 Å². The topological polar surface area (TPSA) is 69.6 Å². The second-order valence-corrected chi connectivity index (χ2v) is 4.93. The molecule has 0 saturated heterocycles. The van der Waals surface area contributed by atoms with Crippen molar-refractivity contribution in [2.24, 2.45) is 0 Å². The Bertz CT molecular complexity index is 626. The number of phenolic OH excluding ortho intramolecular Hbond substituents is 2. The van der Waals surface area contributed by atoms with Crippen LogP contribution in [0.2, 0.25) is 5.02 Å². The highest BCUT2D eigenvalue weighted by atomic mass is 79.9. The zero-order valence-corrected chi connectivity index (χ0v) is 11.9. The van der Waals surface area contributed by atoms with Gasteiger partial charge in [0.05, 0.1) is 15.2 Å². The SMILES string of the molecule is O=C(Nc1cccc(Cl)c1Br)c1c(O)cccc1O. The van der Waals surface area contributed by atoms with E-state index in [2.05, 4.69) is 21.2 Å². The van der Waals surface area contributed by atoms with Gasteiger partial charge in [0.2, 0.25) is 0 Å². The third-order valence-electron chi connectivity index (χ3n) is 2.45. The van der Waals surface area contributed by atoms with E-state index in [1.54, 1.807) is 18.2 Å². The predicted octanol–water partition coefficient (Wildman–Crippen LogP) is 3.77. The molecule has 2 aromatic rings. The lowest BCUT2D eigenvalue weighted by Gasteiger charge is -2.10. The van der Waals surface area contributed by atoms with Crippen LogP contribution in [0.15, 0.2) is 40.9 Å². The maximum absolute atomic E-state index is 12.0. The summed E-state index contributed by atoms with van der Waals surface area (Å²) in [6, 6.07) is 9.07. The highest BCUT2D eigenvalue weighted by Crippen LogP contribution is 2.32. The van der Waals surface area contributed by atoms with E-state index in [4.69, 9.17) is 11.6 Å². The Kier molecular flexibility index (Phi) is 3.97. The summed E-state index contributed by atoms with van der Waals surface area (Å²) in [6.45, 7) is 0. The predicted molar refractivity (Wildman–Crippen MR) is 76.9 cm³/mol. The molecule has 4 nitrogen and oxygen atoms in total. The molecule has 0 aromatic heterocycles. The summed E-state index contributed by atoms with van der Waals surface area (Å²) >= 11 is 9.16. The summed E-state index contributed by atoms with van der Waals surface area (Å²) in [7, 11) is 0. The number of phenols is 2. The molecular weight excluding hydrogens is 334 g/mol. The lowest BCUT2D eigenvalue weighted by atomic mass is 10.1. The summed E-state index contributed by atoms with van der Waals surface area (Å²) < 4.78 is 0.528. The Morgan fingerprint density at radius 1 is 1.11 bits per heavy atom. The summed E-state index contributed by atoms with van der Waals surface area (Å²) in [5, 5.41) is 22.2. The molecule has 0 saturated carbocycles. The number of nitrogens with one attached hydrogen (secondary N) is 1. The average molecular weight is 343 g/mol. The van der Waals surface area contributed by atoms with Crippen molar-refractivity contribution in [2.75, 3.05) is 5.32 Å². The number of aromatic hydroxyl groups is 2. The summed E-state index contributed by atoms with van der Waals surface area (Å²) in [6.07, 6.45) is 0. The van der Waals surface area contributed by atoms with Crippen LogP contribution in [0, 0.1) is 0 Å². The molecular formula is C13H9BrClNO3. The second kappa shape index (κ2) is 5.50. The summed E-state index contributed by atoms with van der Waals surface area (Å²) in [4.78, 5) is 12.0. The number of rotatable bonds is 2. The summed E-state index contributed by atoms with van der Waals surface area (Å²) in [5.74, 6) is -1.22. The summed E-state index contributed by atoms with van der Waals surface area (Å²) in [5.41, 5.74) is 0.259. The van der Waals surface area contributed by atoms with Crippen molar-refractivity contribution in [1.82, 2.24) is 0 Å². The first-order valence-corrected chi connectivity index (χ1v) is 6.44. The van der Waals surface area contributed by atoms with E-state index in [0.29, 0.717) is 15.2 Å². The van der Waals surface area contributed by atoms with E-state index in [0.717, 1.165) is 0 Å². The quantitative estimate of drug-likeness (QED) is 0.778. The van der Waals surface area contributed by atoms with Crippen LogP contribution >= 0.6 is 27.5 Å². The number of carbonyl (C=O) groups is 1. The molecule has 98 valence electrons. The zero-order valence-electron chi connectivity index (χ0n) is 9.52. The fourth-order valence-corrected chi connectivity index (χ4v) is 2.08. The molecule has 0 heterocycles. The van der Waals surface area contributed by atoms with Gasteiger partial charge in [-0.1, -0.05) is 23.7 Å². The Labute approximate surface area is 122 Å². The normalized spacial score (nSPS) is 10.2. The van der Waals surface area contributed by atoms with Gasteiger partial charge in [0, 0.05) is 0 Å². The number of anilines is 1. The van der Waals surface area contributed by atoms with Crippen molar-refractivity contribution < 1.29 is 15.0 Å². The monoisotopic (exact) mass is 341 g/mol. The number of hydrogen-bond acceptors (Lipinski definition) is 3. The smallest absolute Gasteiger partial charge is 0.263 e. The van der Waals surface area contributed by atoms with Crippen LogP contribution in [-0.2, 0) is 0 Å². The van der Waals surface area contributed by atoms with Crippen molar-refractivity contribution >= 4 is 39.1 Å². The van der Waals surface area contributed by atoms with Gasteiger partial charge in [-0.15, -0.1) is 0 Å². The van der Waals surface area contributed by atoms with Gasteiger partial charge in [-0.05, 0) is 40.2 Å². The fourth-order valence-electron chi connectivity index (χ4n) is 1.55. The van der Waals surface area contributed by atoms with Crippen molar-refractivity contribution in [3.8, 4) is 11.5 Å². The van der Waals surface area contributed by atoms with Crippen molar-refractivity contribution in [1.29, 1.82) is 0 Å². The van der Waals surface area contributed by atoms with Crippen LogP contribution < -0.4 is 5.32 Å². The highest BCUT2D eigenvalue weighted by Gasteiger charge is 2.17. The Balaban J connectivity index is 2.34. The maximum Gasteiger partial charge on any atom is 0.263 e. The molecule has 0 spiro atoms. The van der Waals surface area contributed by atoms with Crippen LogP contribution in [0.25, 0.3) is 0 Å². The van der Waals surface area contributed by atoms with Crippen LogP contribution in [-0.4, -0.2) is 16.1 Å². The first kappa shape index (κ1) is 13.7. The van der Waals surface area contributed by atoms with Gasteiger partial charge < -0.3 is 15.5 Å². The standard InChI is InChI=1S/C13H9BrClNO3/c14-12-7(15)3-1-4-8(12)16-13(19)11-9(17)5-2-6-10(11)18/h1-6,17-18H,(H,16,19). The Hall–Kier alpha value is -1.72. The molecule has 3 N–H and O–H groups in total. The lowest BCUT2D eigenvalue weighted by molar-refractivity contribution is 0.102. The molecule has 0 fully saturated rings. The third-order valence-corrected chi connectivity index (χ3v) is 3.84. The molecule has 0 bridgehead atoms. The molecule has 0 aliphatic rings. The lowest BCUT2D eigenvalue weighted by Crippen LogP contribution is -2.12. The van der Waals surface area contributed by atoms with Crippen LogP contribution in [0.1, 0.15) is 10.4 Å². The van der Waals surface area contributed by atoms with Crippen LogP contribution in [0.3, 0.4) is 0 Å². The van der Waals surface area contributed by atoms with Crippen LogP contribution in [0.5, 0.6) is 11.5 Å². The van der Waals surface area contributed by atoms with E-state index in [1.165, 1.54) is 18.2 Å². The van der Waals surface area contributed by atoms with Crippen molar-refractivity contribution in [3.63, 3.8) is 0 Å². The molecule has 1 amide bonds. The number of carbonyl (C=O) groups excluding carboxylic acids is 1. The first-order chi connectivity index (χ1) is 9.00. The molecule has 19 heavy (non-hydrogen) atoms. The Morgan fingerprint density at radius 3 is 2.32 bits per heavy atom. The Morgan fingerprint density at radius 2 is 1.68 bits per heavy atom. The van der Waals surface area contributed by atoms with Gasteiger partial charge in [-0.3, -0.25) is 4.79 Å². The van der Waals surface area contributed by atoms with Crippen LogP contribution in [0.4, 0.5) is 5.69 Å². The zero-order chi connectivity index (χ0) is 14.0. The van der Waals surface area contributed by atoms with Crippen molar-refractivity contribution in [3.05, 3.63) is 51.5 Å². The van der Waals surface area contributed by atoms with E-state index < -0.39 is 5.91 Å². The highest BCUT2D eigenvalue weighted by molar-refractivity contribution is 9.10. The fraction of sp³-hybridized carbons (Fsp3) is 0. The maximum atomic E-state index is 12.0. The number of hydrogen-bond donors (Lipinski definition) is 3. The van der Waals surface area contributed by atoms with Crippen molar-refractivity contribution in [2.45, 2.75) is 0 Å². The van der Waals surface area contributed by atoms with E-state index in [1.807, 2.05) is 0 Å². The molecule has 2 rings (SSSR count). The van der Waals surface area contributed by atoms with Gasteiger partial charge in [-0.25, -0.2) is 0 Å². The molecule has 6 heteroatoms. The van der Waals surface area contributed by atoms with E-state index in [-0.39, 0.29) is 17.1 Å². The minimum atomic E-state index is -0.626. The third kappa shape index (κ3) is 2.83.